The van der Waals surface area contributed by atoms with Gasteiger partial charge in [-0.2, -0.15) is 0 Å². The maximum Gasteiger partial charge on any atom is 0.133 e. The van der Waals surface area contributed by atoms with E-state index in [9.17, 15) is 0 Å². The molecule has 3 heteroatoms. The van der Waals surface area contributed by atoms with Crippen molar-refractivity contribution in [2.75, 3.05) is 12.4 Å². The standard InChI is InChI=1S/C17H18BrNO/c1-11-3-4-12-5-7-16(14(12)9-11)19-13-6-8-17(20-2)15(18)10-13/h3-4,6,8-10,16,19H,5,7H2,1-2H3. The van der Waals surface area contributed by atoms with Crippen LogP contribution in [0.3, 0.4) is 0 Å². The third-order valence-electron chi connectivity index (χ3n) is 3.87. The highest BCUT2D eigenvalue weighted by molar-refractivity contribution is 9.10. The van der Waals surface area contributed by atoms with E-state index in [2.05, 4.69) is 58.5 Å². The molecule has 0 aliphatic heterocycles. The van der Waals surface area contributed by atoms with Gasteiger partial charge in [-0.1, -0.05) is 23.8 Å². The first-order chi connectivity index (χ1) is 9.67. The molecule has 0 saturated heterocycles. The second-order valence-corrected chi connectivity index (χ2v) is 6.14. The first-order valence-electron chi connectivity index (χ1n) is 6.87. The van der Waals surface area contributed by atoms with Gasteiger partial charge in [0.05, 0.1) is 17.6 Å². The van der Waals surface area contributed by atoms with Crippen LogP contribution in [0.4, 0.5) is 5.69 Å². The molecule has 1 unspecified atom stereocenters. The topological polar surface area (TPSA) is 21.3 Å². The zero-order chi connectivity index (χ0) is 14.1. The lowest BCUT2D eigenvalue weighted by molar-refractivity contribution is 0.412. The lowest BCUT2D eigenvalue weighted by Crippen LogP contribution is -2.07. The molecule has 0 fully saturated rings. The first-order valence-corrected chi connectivity index (χ1v) is 7.66. The van der Waals surface area contributed by atoms with Crippen LogP contribution in [0.15, 0.2) is 40.9 Å². The smallest absolute Gasteiger partial charge is 0.133 e. The zero-order valence-corrected chi connectivity index (χ0v) is 13.3. The number of hydrogen-bond acceptors (Lipinski definition) is 2. The number of halogens is 1. The molecule has 2 aromatic carbocycles. The van der Waals surface area contributed by atoms with E-state index in [-0.39, 0.29) is 0 Å². The quantitative estimate of drug-likeness (QED) is 0.866. The Morgan fingerprint density at radius 2 is 2.05 bits per heavy atom. The molecule has 0 aromatic heterocycles. The highest BCUT2D eigenvalue weighted by atomic mass is 79.9. The van der Waals surface area contributed by atoms with Gasteiger partial charge in [0.1, 0.15) is 5.75 Å². The van der Waals surface area contributed by atoms with Crippen LogP contribution >= 0.6 is 15.9 Å². The Balaban J connectivity index is 1.83. The molecule has 20 heavy (non-hydrogen) atoms. The lowest BCUT2D eigenvalue weighted by atomic mass is 10.0. The highest BCUT2D eigenvalue weighted by Crippen LogP contribution is 2.36. The predicted octanol–water partition coefficient (Wildman–Crippen LogP) is 4.87. The monoisotopic (exact) mass is 331 g/mol. The summed E-state index contributed by atoms with van der Waals surface area (Å²) < 4.78 is 6.25. The molecule has 2 aromatic rings. The van der Waals surface area contributed by atoms with E-state index in [1.54, 1.807) is 7.11 Å². The molecule has 0 saturated carbocycles. The average Bonchev–Trinajstić information content (AvgIpc) is 2.82. The molecule has 1 atom stereocenters. The molecule has 104 valence electrons. The summed E-state index contributed by atoms with van der Waals surface area (Å²) in [4.78, 5) is 0. The summed E-state index contributed by atoms with van der Waals surface area (Å²) in [7, 11) is 1.68. The van der Waals surface area contributed by atoms with E-state index >= 15 is 0 Å². The number of fused-ring (bicyclic) bond motifs is 1. The molecular weight excluding hydrogens is 314 g/mol. The number of hydrogen-bond donors (Lipinski definition) is 1. The van der Waals surface area contributed by atoms with Crippen molar-refractivity contribution in [3.63, 3.8) is 0 Å². The van der Waals surface area contributed by atoms with Crippen LogP contribution < -0.4 is 10.1 Å². The Bertz CT molecular complexity index is 639. The van der Waals surface area contributed by atoms with Crippen LogP contribution in [-0.4, -0.2) is 7.11 Å². The molecule has 1 aliphatic carbocycles. The highest BCUT2D eigenvalue weighted by Gasteiger charge is 2.22. The van der Waals surface area contributed by atoms with Crippen molar-refractivity contribution < 1.29 is 4.74 Å². The van der Waals surface area contributed by atoms with E-state index in [4.69, 9.17) is 4.74 Å². The molecular formula is C17H18BrNO. The zero-order valence-electron chi connectivity index (χ0n) is 11.7. The van der Waals surface area contributed by atoms with Crippen LogP contribution in [0.1, 0.15) is 29.2 Å². The maximum absolute atomic E-state index is 5.27. The van der Waals surface area contributed by atoms with Crippen molar-refractivity contribution in [2.45, 2.75) is 25.8 Å². The fourth-order valence-corrected chi connectivity index (χ4v) is 3.37. The maximum atomic E-state index is 5.27. The number of rotatable bonds is 3. The van der Waals surface area contributed by atoms with E-state index in [1.165, 1.54) is 16.7 Å². The van der Waals surface area contributed by atoms with Crippen LogP contribution in [-0.2, 0) is 6.42 Å². The molecule has 0 spiro atoms. The lowest BCUT2D eigenvalue weighted by Gasteiger charge is -2.17. The Morgan fingerprint density at radius 1 is 1.20 bits per heavy atom. The fourth-order valence-electron chi connectivity index (χ4n) is 2.83. The predicted molar refractivity (Wildman–Crippen MR) is 86.6 cm³/mol. The minimum atomic E-state index is 0.408. The van der Waals surface area contributed by atoms with E-state index < -0.39 is 0 Å². The fraction of sp³-hybridized carbons (Fsp3) is 0.294. The average molecular weight is 332 g/mol. The minimum absolute atomic E-state index is 0.408. The first kappa shape index (κ1) is 13.5. The Morgan fingerprint density at radius 3 is 2.80 bits per heavy atom. The van der Waals surface area contributed by atoms with Crippen molar-refractivity contribution in [3.05, 3.63) is 57.6 Å². The van der Waals surface area contributed by atoms with Crippen molar-refractivity contribution >= 4 is 21.6 Å². The van der Waals surface area contributed by atoms with Gasteiger partial charge in [-0.15, -0.1) is 0 Å². The summed E-state index contributed by atoms with van der Waals surface area (Å²) in [5, 5.41) is 3.63. The van der Waals surface area contributed by atoms with Gasteiger partial charge in [0.2, 0.25) is 0 Å². The summed E-state index contributed by atoms with van der Waals surface area (Å²) in [5.41, 5.74) is 5.36. The summed E-state index contributed by atoms with van der Waals surface area (Å²) >= 11 is 3.54. The third kappa shape index (κ3) is 2.55. The molecule has 1 aliphatic rings. The molecule has 2 nitrogen and oxygen atoms in total. The number of methoxy groups -OCH3 is 1. The summed E-state index contributed by atoms with van der Waals surface area (Å²) in [6.45, 7) is 2.15. The van der Waals surface area contributed by atoms with Crippen molar-refractivity contribution in [1.82, 2.24) is 0 Å². The number of benzene rings is 2. The van der Waals surface area contributed by atoms with Gasteiger partial charge < -0.3 is 10.1 Å². The molecule has 0 heterocycles. The summed E-state index contributed by atoms with van der Waals surface area (Å²) in [5.74, 6) is 0.859. The van der Waals surface area contributed by atoms with Crippen LogP contribution in [0.5, 0.6) is 5.75 Å². The molecule has 0 amide bonds. The van der Waals surface area contributed by atoms with Gasteiger partial charge in [0.25, 0.3) is 0 Å². The van der Waals surface area contributed by atoms with E-state index in [1.807, 2.05) is 6.07 Å². The van der Waals surface area contributed by atoms with Gasteiger partial charge in [0, 0.05) is 5.69 Å². The van der Waals surface area contributed by atoms with Crippen LogP contribution in [0.25, 0.3) is 0 Å². The van der Waals surface area contributed by atoms with Crippen LogP contribution in [0, 0.1) is 6.92 Å². The third-order valence-corrected chi connectivity index (χ3v) is 4.49. The van der Waals surface area contributed by atoms with E-state index in [0.29, 0.717) is 6.04 Å². The number of ether oxygens (including phenoxy) is 1. The molecule has 3 rings (SSSR count). The van der Waals surface area contributed by atoms with Gasteiger partial charge in [-0.25, -0.2) is 0 Å². The number of anilines is 1. The largest absolute Gasteiger partial charge is 0.496 e. The van der Waals surface area contributed by atoms with Crippen molar-refractivity contribution in [1.29, 1.82) is 0 Å². The summed E-state index contributed by atoms with van der Waals surface area (Å²) in [6, 6.07) is 13.3. The Kier molecular flexibility index (Phi) is 3.70. The minimum Gasteiger partial charge on any atom is -0.496 e. The molecule has 0 bridgehead atoms. The number of nitrogens with one attached hydrogen (secondary N) is 1. The molecule has 0 radical (unpaired) electrons. The van der Waals surface area contributed by atoms with Crippen LogP contribution in [0.2, 0.25) is 0 Å². The normalized spacial score (nSPS) is 16.9. The Hall–Kier alpha value is -1.48. The second kappa shape index (κ2) is 5.49. The van der Waals surface area contributed by atoms with Gasteiger partial charge in [-0.05, 0) is 65.0 Å². The van der Waals surface area contributed by atoms with Gasteiger partial charge in [-0.3, -0.25) is 0 Å². The SMILES string of the molecule is COc1ccc(NC2CCc3ccc(C)cc32)cc1Br. The van der Waals surface area contributed by atoms with Gasteiger partial charge in [0.15, 0.2) is 0 Å². The van der Waals surface area contributed by atoms with Crippen molar-refractivity contribution in [2.24, 2.45) is 0 Å². The second-order valence-electron chi connectivity index (χ2n) is 5.29. The van der Waals surface area contributed by atoms with E-state index in [0.717, 1.165) is 28.8 Å². The summed E-state index contributed by atoms with van der Waals surface area (Å²) in [6.07, 6.45) is 2.31. The van der Waals surface area contributed by atoms with Gasteiger partial charge >= 0.3 is 0 Å². The number of aryl methyl sites for hydroxylation is 2. The molecule has 1 N–H and O–H groups in total. The van der Waals surface area contributed by atoms with Crippen molar-refractivity contribution in [3.8, 4) is 5.75 Å². The Labute approximate surface area is 128 Å².